The van der Waals surface area contributed by atoms with Crippen LogP contribution in [0.2, 0.25) is 0 Å². The molecule has 0 atom stereocenters. The largest absolute Gasteiger partial charge is 0.312 e. The second-order valence-corrected chi connectivity index (χ2v) is 7.00. The third-order valence-corrected chi connectivity index (χ3v) is 4.67. The summed E-state index contributed by atoms with van der Waals surface area (Å²) in [7, 11) is 1.65. The summed E-state index contributed by atoms with van der Waals surface area (Å²) in [5, 5.41) is 0. The van der Waals surface area contributed by atoms with E-state index in [1.54, 1.807) is 30.9 Å². The number of hydrogen-bond donors (Lipinski definition) is 0. The minimum Gasteiger partial charge on any atom is -0.312 e. The van der Waals surface area contributed by atoms with Crippen LogP contribution in [0.4, 0.5) is 5.69 Å². The Kier molecular flexibility index (Phi) is 3.38. The minimum atomic E-state index is -3.75. The van der Waals surface area contributed by atoms with E-state index >= 15 is 0 Å². The highest BCUT2D eigenvalue weighted by Crippen LogP contribution is 2.30. The molecule has 2 rings (SSSR count). The zero-order valence-electron chi connectivity index (χ0n) is 10.2. The lowest BCUT2D eigenvalue weighted by Crippen LogP contribution is -2.24. The van der Waals surface area contributed by atoms with E-state index in [1.807, 2.05) is 0 Å². The average Bonchev–Trinajstić information content (AvgIpc) is 2.60. The van der Waals surface area contributed by atoms with Gasteiger partial charge in [-0.2, -0.15) is 0 Å². The number of carbonyl (C=O) groups excluding carboxylic acids is 1. The maximum absolute atomic E-state index is 11.7. The van der Waals surface area contributed by atoms with Gasteiger partial charge in [0.15, 0.2) is 0 Å². The second-order valence-electron chi connectivity index (χ2n) is 4.50. The fourth-order valence-electron chi connectivity index (χ4n) is 2.39. The Labute approximate surface area is 111 Å². The molecule has 0 aliphatic carbocycles. The van der Waals surface area contributed by atoms with E-state index in [0.717, 1.165) is 12.1 Å². The summed E-state index contributed by atoms with van der Waals surface area (Å²) < 4.78 is 22.9. The van der Waals surface area contributed by atoms with E-state index in [2.05, 4.69) is 0 Å². The van der Waals surface area contributed by atoms with E-state index in [4.69, 9.17) is 10.7 Å². The number of amides is 1. The number of halogens is 1. The van der Waals surface area contributed by atoms with Gasteiger partial charge < -0.3 is 4.90 Å². The minimum absolute atomic E-state index is 0.0790. The van der Waals surface area contributed by atoms with Crippen LogP contribution in [0.3, 0.4) is 0 Å². The first-order valence-electron chi connectivity index (χ1n) is 5.67. The standard InChI is InChI=1S/C12H14ClNO3S/c1-8-6-10(14-5-3-4-11(14)15)7-9(2)12(8)18(13,16)17/h6-7H,3-5H2,1-2H3. The van der Waals surface area contributed by atoms with Gasteiger partial charge in [-0.25, -0.2) is 8.42 Å². The highest BCUT2D eigenvalue weighted by atomic mass is 35.7. The maximum Gasteiger partial charge on any atom is 0.261 e. The van der Waals surface area contributed by atoms with Gasteiger partial charge in [-0.3, -0.25) is 4.79 Å². The first-order valence-corrected chi connectivity index (χ1v) is 7.98. The number of rotatable bonds is 2. The molecule has 1 amide bonds. The summed E-state index contributed by atoms with van der Waals surface area (Å²) in [6.45, 7) is 4.06. The van der Waals surface area contributed by atoms with Crippen LogP contribution >= 0.6 is 10.7 Å². The molecular formula is C12H14ClNO3S. The van der Waals surface area contributed by atoms with E-state index in [-0.39, 0.29) is 10.8 Å². The van der Waals surface area contributed by atoms with Crippen LogP contribution in [0.15, 0.2) is 17.0 Å². The lowest BCUT2D eigenvalue weighted by Gasteiger charge is -2.18. The molecule has 98 valence electrons. The molecule has 1 aliphatic heterocycles. The molecule has 0 aromatic heterocycles. The van der Waals surface area contributed by atoms with Crippen LogP contribution in [0.1, 0.15) is 24.0 Å². The van der Waals surface area contributed by atoms with E-state index in [0.29, 0.717) is 24.1 Å². The summed E-state index contributed by atoms with van der Waals surface area (Å²) in [6.07, 6.45) is 1.39. The predicted molar refractivity (Wildman–Crippen MR) is 70.5 cm³/mol. The van der Waals surface area contributed by atoms with Gasteiger partial charge in [0.25, 0.3) is 9.05 Å². The molecule has 0 spiro atoms. The van der Waals surface area contributed by atoms with Gasteiger partial charge in [0, 0.05) is 29.3 Å². The molecule has 6 heteroatoms. The van der Waals surface area contributed by atoms with Crippen molar-refractivity contribution in [3.8, 4) is 0 Å². The van der Waals surface area contributed by atoms with Crippen LogP contribution < -0.4 is 4.90 Å². The van der Waals surface area contributed by atoms with Gasteiger partial charge in [-0.05, 0) is 43.5 Å². The van der Waals surface area contributed by atoms with Crippen molar-refractivity contribution in [1.29, 1.82) is 0 Å². The highest BCUT2D eigenvalue weighted by molar-refractivity contribution is 8.13. The van der Waals surface area contributed by atoms with Gasteiger partial charge in [0.05, 0.1) is 4.90 Å². The second kappa shape index (κ2) is 4.55. The van der Waals surface area contributed by atoms with Crippen LogP contribution in [0.5, 0.6) is 0 Å². The fraction of sp³-hybridized carbons (Fsp3) is 0.417. The zero-order valence-corrected chi connectivity index (χ0v) is 11.8. The number of nitrogens with zero attached hydrogens (tertiary/aromatic N) is 1. The molecule has 0 N–H and O–H groups in total. The monoisotopic (exact) mass is 287 g/mol. The molecule has 1 aliphatic rings. The van der Waals surface area contributed by atoms with Gasteiger partial charge in [0.1, 0.15) is 0 Å². The lowest BCUT2D eigenvalue weighted by atomic mass is 10.1. The number of hydrogen-bond acceptors (Lipinski definition) is 3. The average molecular weight is 288 g/mol. The van der Waals surface area contributed by atoms with Crippen molar-refractivity contribution < 1.29 is 13.2 Å². The van der Waals surface area contributed by atoms with E-state index in [1.165, 1.54) is 0 Å². The van der Waals surface area contributed by atoms with Crippen LogP contribution in [0, 0.1) is 13.8 Å². The Bertz CT molecular complexity index is 587. The molecule has 1 heterocycles. The van der Waals surface area contributed by atoms with Crippen molar-refractivity contribution >= 4 is 31.3 Å². The Morgan fingerprint density at radius 3 is 2.17 bits per heavy atom. The molecule has 0 bridgehead atoms. The fourth-order valence-corrected chi connectivity index (χ4v) is 4.01. The summed E-state index contributed by atoms with van der Waals surface area (Å²) in [5.41, 5.74) is 1.89. The predicted octanol–water partition coefficient (Wildman–Crippen LogP) is 2.36. The van der Waals surface area contributed by atoms with Crippen molar-refractivity contribution in [3.63, 3.8) is 0 Å². The summed E-state index contributed by atoms with van der Waals surface area (Å²) in [4.78, 5) is 13.5. The molecular weight excluding hydrogens is 274 g/mol. The normalized spacial score (nSPS) is 16.4. The third-order valence-electron chi connectivity index (χ3n) is 3.07. The Hall–Kier alpha value is -1.07. The molecule has 0 radical (unpaired) electrons. The smallest absolute Gasteiger partial charge is 0.261 e. The summed E-state index contributed by atoms with van der Waals surface area (Å²) in [6, 6.07) is 3.40. The third kappa shape index (κ3) is 2.37. The maximum atomic E-state index is 11.7. The van der Waals surface area contributed by atoms with Gasteiger partial charge in [0.2, 0.25) is 5.91 Å². The zero-order chi connectivity index (χ0) is 13.5. The number of benzene rings is 1. The summed E-state index contributed by atoms with van der Waals surface area (Å²) >= 11 is 0. The molecule has 0 unspecified atom stereocenters. The molecule has 1 aromatic rings. The lowest BCUT2D eigenvalue weighted by molar-refractivity contribution is -0.117. The van der Waals surface area contributed by atoms with Crippen molar-refractivity contribution in [1.82, 2.24) is 0 Å². The van der Waals surface area contributed by atoms with Gasteiger partial charge >= 0.3 is 0 Å². The Morgan fingerprint density at radius 2 is 1.78 bits per heavy atom. The van der Waals surface area contributed by atoms with Crippen LogP contribution in [0.25, 0.3) is 0 Å². The number of anilines is 1. The Morgan fingerprint density at radius 1 is 1.22 bits per heavy atom. The van der Waals surface area contributed by atoms with Gasteiger partial charge in [-0.15, -0.1) is 0 Å². The summed E-state index contributed by atoms with van der Waals surface area (Å²) in [5.74, 6) is 0.0790. The molecule has 1 aromatic carbocycles. The van der Waals surface area contributed by atoms with Crippen molar-refractivity contribution in [2.45, 2.75) is 31.6 Å². The Balaban J connectivity index is 2.52. The molecule has 1 saturated heterocycles. The highest BCUT2D eigenvalue weighted by Gasteiger charge is 2.24. The molecule has 0 saturated carbocycles. The quantitative estimate of drug-likeness (QED) is 0.785. The molecule has 18 heavy (non-hydrogen) atoms. The topological polar surface area (TPSA) is 54.5 Å². The van der Waals surface area contributed by atoms with Crippen LogP contribution in [-0.2, 0) is 13.8 Å². The van der Waals surface area contributed by atoms with Gasteiger partial charge in [-0.1, -0.05) is 0 Å². The SMILES string of the molecule is Cc1cc(N2CCCC2=O)cc(C)c1S(=O)(=O)Cl. The first-order chi connectivity index (χ1) is 8.30. The van der Waals surface area contributed by atoms with E-state index < -0.39 is 9.05 Å². The molecule has 4 nitrogen and oxygen atoms in total. The first kappa shape index (κ1) is 13.4. The molecule has 1 fully saturated rings. The van der Waals surface area contributed by atoms with E-state index in [9.17, 15) is 13.2 Å². The number of carbonyl (C=O) groups is 1. The van der Waals surface area contributed by atoms with Crippen molar-refractivity contribution in [3.05, 3.63) is 23.3 Å². The van der Waals surface area contributed by atoms with Crippen molar-refractivity contribution in [2.75, 3.05) is 11.4 Å². The van der Waals surface area contributed by atoms with Crippen LogP contribution in [-0.4, -0.2) is 20.9 Å². The number of aryl methyl sites for hydroxylation is 2. The van der Waals surface area contributed by atoms with Crippen molar-refractivity contribution in [2.24, 2.45) is 0 Å².